The van der Waals surface area contributed by atoms with Crippen molar-refractivity contribution >= 4 is 27.6 Å². The number of hydrogen-bond acceptors (Lipinski definition) is 4. The van der Waals surface area contributed by atoms with Gasteiger partial charge in [-0.1, -0.05) is 115 Å². The highest BCUT2D eigenvalue weighted by atomic mass is 16.5. The summed E-state index contributed by atoms with van der Waals surface area (Å²) in [5, 5.41) is 5.94. The summed E-state index contributed by atoms with van der Waals surface area (Å²) in [6.45, 7) is 2.37. The molecule has 0 bridgehead atoms. The molecule has 2 atom stereocenters. The Bertz CT molecular complexity index is 2870. The summed E-state index contributed by atoms with van der Waals surface area (Å²) >= 11 is 0. The number of ether oxygens (including phenoxy) is 1. The number of para-hydroxylation sites is 4. The summed E-state index contributed by atoms with van der Waals surface area (Å²) in [5.74, 6) is 1.42. The van der Waals surface area contributed by atoms with E-state index in [2.05, 4.69) is 146 Å². The highest BCUT2D eigenvalue weighted by Gasteiger charge is 2.40. The number of nitrogens with one attached hydrogen (secondary N) is 1. The van der Waals surface area contributed by atoms with Gasteiger partial charge in [-0.2, -0.15) is 0 Å². The summed E-state index contributed by atoms with van der Waals surface area (Å²) in [6.07, 6.45) is -0.367. The summed E-state index contributed by atoms with van der Waals surface area (Å²) in [5.41, 5.74) is 15.3. The molecule has 2 heterocycles. The molecule has 0 spiro atoms. The Balaban J connectivity index is 1.10. The fourth-order valence-corrected chi connectivity index (χ4v) is 8.69. The molecule has 0 fully saturated rings. The molecular formula is C50H34N2O2. The van der Waals surface area contributed by atoms with Crippen LogP contribution in [0.3, 0.4) is 0 Å². The molecule has 8 aromatic carbocycles. The maximum absolute atomic E-state index is 6.48. The Labute approximate surface area is 313 Å². The van der Waals surface area contributed by atoms with E-state index in [1.807, 2.05) is 42.5 Å². The van der Waals surface area contributed by atoms with E-state index >= 15 is 0 Å². The van der Waals surface area contributed by atoms with Crippen LogP contribution in [0.2, 0.25) is 0 Å². The largest absolute Gasteiger partial charge is 0.464 e. The Morgan fingerprint density at radius 2 is 1.31 bits per heavy atom. The lowest BCUT2D eigenvalue weighted by atomic mass is 9.74. The maximum Gasteiger partial charge on any atom is 0.227 e. The summed E-state index contributed by atoms with van der Waals surface area (Å²) in [7, 11) is 0. The Morgan fingerprint density at radius 3 is 2.22 bits per heavy atom. The van der Waals surface area contributed by atoms with E-state index in [4.69, 9.17) is 14.1 Å². The van der Waals surface area contributed by atoms with E-state index in [1.54, 1.807) is 0 Å². The molecule has 1 aromatic heterocycles. The molecule has 4 nitrogen and oxygen atoms in total. The highest BCUT2D eigenvalue weighted by Crippen LogP contribution is 2.53. The van der Waals surface area contributed by atoms with Crippen LogP contribution >= 0.6 is 0 Å². The van der Waals surface area contributed by atoms with Crippen molar-refractivity contribution in [2.75, 3.05) is 5.32 Å². The van der Waals surface area contributed by atoms with Gasteiger partial charge in [0.25, 0.3) is 0 Å². The van der Waals surface area contributed by atoms with Crippen LogP contribution in [0.15, 0.2) is 180 Å². The van der Waals surface area contributed by atoms with Crippen molar-refractivity contribution in [3.8, 4) is 50.6 Å². The predicted molar refractivity (Wildman–Crippen MR) is 219 cm³/mol. The van der Waals surface area contributed by atoms with Crippen LogP contribution in [0, 0.1) is 0 Å². The molecule has 1 aliphatic carbocycles. The predicted octanol–water partition coefficient (Wildman–Crippen LogP) is 12.8. The van der Waals surface area contributed by atoms with Crippen molar-refractivity contribution in [1.82, 2.24) is 4.98 Å². The SMILES string of the molecule is CC1(c2ccccc2)c2ccccc2-c2ccc(-c3cc(-c4cc(-c5nc6ccccc6o5)cc(C5Nc6ccccc6O5)c4)c4ccccc4c3)cc21. The molecule has 0 radical (unpaired) electrons. The first-order chi connectivity index (χ1) is 26.6. The third kappa shape index (κ3) is 4.73. The number of aromatic nitrogens is 1. The van der Waals surface area contributed by atoms with Gasteiger partial charge in [0, 0.05) is 16.5 Å². The smallest absolute Gasteiger partial charge is 0.227 e. The first-order valence-corrected chi connectivity index (χ1v) is 18.5. The van der Waals surface area contributed by atoms with Crippen LogP contribution < -0.4 is 10.1 Å². The van der Waals surface area contributed by atoms with Crippen molar-refractivity contribution in [3.63, 3.8) is 0 Å². The molecule has 9 aromatic rings. The zero-order valence-electron chi connectivity index (χ0n) is 29.6. The lowest BCUT2D eigenvalue weighted by Gasteiger charge is -2.28. The first kappa shape index (κ1) is 30.7. The van der Waals surface area contributed by atoms with Gasteiger partial charge >= 0.3 is 0 Å². The standard InChI is InChI=1S/C50H34N2O2/c1-50(37-14-3-2-4-15-37)42-18-8-7-17-39(42)40-24-23-31(30-43(40)50)33-25-32-13-5-6-16-38(32)41(29-33)34-26-35(48-51-44-19-9-11-21-46(44)53-48)28-36(27-34)49-52-45-20-10-12-22-47(45)54-49/h2-30,48,51H,1H3. The molecule has 4 heteroatoms. The minimum absolute atomic E-state index is 0.280. The van der Waals surface area contributed by atoms with Crippen LogP contribution in [0.1, 0.15) is 35.4 Å². The van der Waals surface area contributed by atoms with Gasteiger partial charge in [-0.05, 0) is 128 Å². The Hall–Kier alpha value is -6.91. The molecular weight excluding hydrogens is 661 g/mol. The van der Waals surface area contributed by atoms with E-state index in [9.17, 15) is 0 Å². The van der Waals surface area contributed by atoms with E-state index in [1.165, 1.54) is 44.2 Å². The quantitative estimate of drug-likeness (QED) is 0.195. The third-order valence-corrected chi connectivity index (χ3v) is 11.4. The van der Waals surface area contributed by atoms with Crippen molar-refractivity contribution in [2.45, 2.75) is 18.6 Å². The first-order valence-electron chi connectivity index (χ1n) is 18.5. The maximum atomic E-state index is 6.48. The van der Waals surface area contributed by atoms with Crippen LogP contribution in [-0.4, -0.2) is 4.98 Å². The lowest BCUT2D eigenvalue weighted by molar-refractivity contribution is 0.260. The fraction of sp³-hybridized carbons (Fsp3) is 0.0600. The monoisotopic (exact) mass is 694 g/mol. The number of oxazole rings is 1. The minimum Gasteiger partial charge on any atom is -0.464 e. The van der Waals surface area contributed by atoms with Crippen LogP contribution in [0.4, 0.5) is 5.69 Å². The molecule has 54 heavy (non-hydrogen) atoms. The second-order valence-electron chi connectivity index (χ2n) is 14.5. The molecule has 2 unspecified atom stereocenters. The van der Waals surface area contributed by atoms with Gasteiger partial charge in [0.1, 0.15) is 11.3 Å². The molecule has 2 aliphatic rings. The number of nitrogens with zero attached hydrogens (tertiary/aromatic N) is 1. The van der Waals surface area contributed by atoms with Crippen molar-refractivity contribution in [2.24, 2.45) is 0 Å². The van der Waals surface area contributed by atoms with Crippen LogP contribution in [0.5, 0.6) is 5.75 Å². The van der Waals surface area contributed by atoms with Crippen LogP contribution in [-0.2, 0) is 5.41 Å². The van der Waals surface area contributed by atoms with Crippen LogP contribution in [0.25, 0.3) is 66.7 Å². The van der Waals surface area contributed by atoms with E-state index in [-0.39, 0.29) is 11.6 Å². The number of fused-ring (bicyclic) bond motifs is 6. The average molecular weight is 695 g/mol. The van der Waals surface area contributed by atoms with Gasteiger partial charge in [-0.15, -0.1) is 0 Å². The zero-order chi connectivity index (χ0) is 35.8. The van der Waals surface area contributed by atoms with Gasteiger partial charge in [0.2, 0.25) is 5.89 Å². The van der Waals surface area contributed by atoms with Crippen molar-refractivity contribution in [3.05, 3.63) is 198 Å². The molecule has 256 valence electrons. The lowest BCUT2D eigenvalue weighted by Crippen LogP contribution is -2.22. The number of rotatable bonds is 5. The number of anilines is 1. The zero-order valence-corrected chi connectivity index (χ0v) is 29.6. The summed E-state index contributed by atoms with van der Waals surface area (Å²) < 4.78 is 12.8. The normalized spacial score (nSPS) is 16.8. The summed E-state index contributed by atoms with van der Waals surface area (Å²) in [6, 6.07) is 62.7. The Kier molecular flexibility index (Phi) is 6.71. The third-order valence-electron chi connectivity index (χ3n) is 11.4. The molecule has 0 amide bonds. The minimum atomic E-state index is -0.367. The van der Waals surface area contributed by atoms with Gasteiger partial charge in [0.15, 0.2) is 11.8 Å². The van der Waals surface area contributed by atoms with E-state index in [0.717, 1.165) is 50.4 Å². The second-order valence-corrected chi connectivity index (χ2v) is 14.5. The van der Waals surface area contributed by atoms with E-state index in [0.29, 0.717) is 5.89 Å². The highest BCUT2D eigenvalue weighted by molar-refractivity contribution is 6.01. The summed E-state index contributed by atoms with van der Waals surface area (Å²) in [4.78, 5) is 4.91. The second kappa shape index (κ2) is 11.8. The van der Waals surface area contributed by atoms with Gasteiger partial charge in [-0.25, -0.2) is 4.98 Å². The van der Waals surface area contributed by atoms with E-state index < -0.39 is 0 Å². The number of benzene rings is 8. The fourth-order valence-electron chi connectivity index (χ4n) is 8.69. The number of hydrogen-bond donors (Lipinski definition) is 1. The molecule has 1 N–H and O–H groups in total. The molecule has 0 saturated carbocycles. The van der Waals surface area contributed by atoms with Gasteiger partial charge in [0.05, 0.1) is 5.69 Å². The average Bonchev–Trinajstić information content (AvgIpc) is 3.94. The topological polar surface area (TPSA) is 47.3 Å². The molecule has 1 aliphatic heterocycles. The molecule has 11 rings (SSSR count). The van der Waals surface area contributed by atoms with Crippen molar-refractivity contribution in [1.29, 1.82) is 0 Å². The molecule has 0 saturated heterocycles. The van der Waals surface area contributed by atoms with Crippen molar-refractivity contribution < 1.29 is 9.15 Å². The van der Waals surface area contributed by atoms with Gasteiger partial charge in [-0.3, -0.25) is 0 Å². The Morgan fingerprint density at radius 1 is 0.556 bits per heavy atom. The van der Waals surface area contributed by atoms with Gasteiger partial charge < -0.3 is 14.5 Å².